The second-order valence-electron chi connectivity index (χ2n) is 8.47. The molecule has 0 aromatic heterocycles. The fourth-order valence-corrected chi connectivity index (χ4v) is 5.98. The van der Waals surface area contributed by atoms with E-state index >= 15 is 0 Å². The molecule has 0 spiro atoms. The Kier molecular flexibility index (Phi) is 4.90. The number of hydrogen-bond donors (Lipinski definition) is 0. The van der Waals surface area contributed by atoms with Gasteiger partial charge in [-0.2, -0.15) is 8.42 Å². The molecule has 6 heteroatoms. The van der Waals surface area contributed by atoms with E-state index in [9.17, 15) is 13.2 Å². The molecule has 1 amide bonds. The molecule has 162 valence electrons. The third-order valence-corrected chi connectivity index (χ3v) is 7.92. The van der Waals surface area contributed by atoms with E-state index in [0.717, 1.165) is 32.2 Å². The zero-order valence-corrected chi connectivity index (χ0v) is 18.8. The number of hydrogen-bond acceptors (Lipinski definition) is 4. The van der Waals surface area contributed by atoms with E-state index in [0.29, 0.717) is 6.42 Å². The molecule has 3 aromatic rings. The lowest BCUT2D eigenvalue weighted by Gasteiger charge is -2.34. The molecule has 3 aromatic carbocycles. The Morgan fingerprint density at radius 2 is 1.47 bits per heavy atom. The summed E-state index contributed by atoms with van der Waals surface area (Å²) in [6.45, 7) is 3.92. The van der Waals surface area contributed by atoms with Gasteiger partial charge in [-0.1, -0.05) is 71.8 Å². The first kappa shape index (κ1) is 20.5. The molecule has 2 heterocycles. The molecule has 0 unspecified atom stereocenters. The van der Waals surface area contributed by atoms with Crippen LogP contribution in [-0.2, 0) is 21.2 Å². The molecular weight excluding hydrogens is 420 g/mol. The van der Waals surface area contributed by atoms with E-state index in [2.05, 4.69) is 0 Å². The highest BCUT2D eigenvalue weighted by molar-refractivity contribution is 7.89. The largest absolute Gasteiger partial charge is 0.284 e. The summed E-state index contributed by atoms with van der Waals surface area (Å²) in [4.78, 5) is 13.8. The lowest BCUT2D eigenvalue weighted by molar-refractivity contribution is -0.130. The number of fused-ring (bicyclic) bond motifs is 3. The van der Waals surface area contributed by atoms with Crippen LogP contribution in [0.15, 0.2) is 83.9 Å². The molecule has 1 fully saturated rings. The normalized spacial score (nSPS) is 19.8. The fraction of sp³-hybridized carbons (Fsp3) is 0.192. The highest BCUT2D eigenvalue weighted by Gasteiger charge is 2.52. The molecule has 1 saturated heterocycles. The van der Waals surface area contributed by atoms with Gasteiger partial charge in [0.15, 0.2) is 0 Å². The van der Waals surface area contributed by atoms with Gasteiger partial charge in [0.25, 0.3) is 15.9 Å². The maximum absolute atomic E-state index is 13.7. The standard InChI is InChI=1S/C26H24N2O3S/c1-18-7-11-20(12-8-18)17-24-25-23-6-4-3-5-21(23)15-16-27(25)28(26(24)29)32(30,31)22-13-9-19(2)10-14-22/h3-16,24-25H,17H2,1-2H3/t24-,25+/m0/s1. The van der Waals surface area contributed by atoms with E-state index in [1.807, 2.05) is 68.5 Å². The Balaban J connectivity index is 1.61. The SMILES string of the molecule is Cc1ccc(C[C@@H]2C(=O)N(S(=O)(=O)c3ccc(C)cc3)N3C=Cc4ccccc4[C@H]23)cc1. The number of benzene rings is 3. The van der Waals surface area contributed by atoms with Gasteiger partial charge < -0.3 is 0 Å². The summed E-state index contributed by atoms with van der Waals surface area (Å²) in [5.41, 5.74) is 5.07. The predicted molar refractivity (Wildman–Crippen MR) is 124 cm³/mol. The van der Waals surface area contributed by atoms with Gasteiger partial charge in [-0.25, -0.2) is 0 Å². The van der Waals surface area contributed by atoms with Gasteiger partial charge in [0, 0.05) is 6.20 Å². The van der Waals surface area contributed by atoms with Gasteiger partial charge in [0.1, 0.15) is 0 Å². The van der Waals surface area contributed by atoms with Crippen LogP contribution in [-0.4, -0.2) is 23.7 Å². The summed E-state index contributed by atoms with van der Waals surface area (Å²) in [5.74, 6) is -0.929. The highest BCUT2D eigenvalue weighted by atomic mass is 32.2. The Hall–Kier alpha value is -3.38. The van der Waals surface area contributed by atoms with Gasteiger partial charge in [0.05, 0.1) is 16.9 Å². The van der Waals surface area contributed by atoms with Crippen LogP contribution in [0.5, 0.6) is 0 Å². The van der Waals surface area contributed by atoms with E-state index in [4.69, 9.17) is 0 Å². The molecular formula is C26H24N2O3S. The van der Waals surface area contributed by atoms with E-state index in [-0.39, 0.29) is 10.9 Å². The summed E-state index contributed by atoms with van der Waals surface area (Å²) in [5, 5.41) is 1.60. The van der Waals surface area contributed by atoms with Crippen LogP contribution >= 0.6 is 0 Å². The zero-order chi connectivity index (χ0) is 22.5. The maximum Gasteiger partial charge on any atom is 0.284 e. The fourth-order valence-electron chi connectivity index (χ4n) is 4.52. The average Bonchev–Trinajstić information content (AvgIpc) is 3.08. The molecule has 0 aliphatic carbocycles. The molecule has 0 N–H and O–H groups in total. The van der Waals surface area contributed by atoms with Crippen molar-refractivity contribution in [1.29, 1.82) is 0 Å². The third-order valence-electron chi connectivity index (χ3n) is 6.23. The van der Waals surface area contributed by atoms with Crippen molar-refractivity contribution in [2.24, 2.45) is 5.92 Å². The number of nitrogens with zero attached hydrogens (tertiary/aromatic N) is 2. The van der Waals surface area contributed by atoms with Crippen molar-refractivity contribution in [3.05, 3.63) is 107 Å². The Labute approximate surface area is 188 Å². The van der Waals surface area contributed by atoms with E-state index < -0.39 is 21.8 Å². The Bertz CT molecular complexity index is 1310. The summed E-state index contributed by atoms with van der Waals surface area (Å²) >= 11 is 0. The number of hydrazine groups is 1. The van der Waals surface area contributed by atoms with Gasteiger partial charge in [-0.15, -0.1) is 4.41 Å². The molecule has 0 bridgehead atoms. The molecule has 0 saturated carbocycles. The topological polar surface area (TPSA) is 57.7 Å². The minimum atomic E-state index is -4.05. The van der Waals surface area contributed by atoms with Crippen molar-refractivity contribution >= 4 is 22.0 Å². The number of rotatable bonds is 4. The third kappa shape index (κ3) is 3.31. The van der Waals surface area contributed by atoms with Crippen LogP contribution in [0, 0.1) is 19.8 Å². The van der Waals surface area contributed by atoms with Crippen LogP contribution in [0.1, 0.15) is 33.9 Å². The summed E-state index contributed by atoms with van der Waals surface area (Å²) in [6, 6.07) is 22.1. The molecule has 2 aliphatic heterocycles. The van der Waals surface area contributed by atoms with Gasteiger partial charge in [0.2, 0.25) is 0 Å². The predicted octanol–water partition coefficient (Wildman–Crippen LogP) is 4.64. The zero-order valence-electron chi connectivity index (χ0n) is 18.0. The quantitative estimate of drug-likeness (QED) is 0.589. The molecule has 5 nitrogen and oxygen atoms in total. The molecule has 5 rings (SSSR count). The first-order chi connectivity index (χ1) is 15.4. The number of aryl methyl sites for hydroxylation is 2. The van der Waals surface area contributed by atoms with Crippen molar-refractivity contribution in [1.82, 2.24) is 9.42 Å². The summed E-state index contributed by atoms with van der Waals surface area (Å²) < 4.78 is 28.2. The van der Waals surface area contributed by atoms with Crippen molar-refractivity contribution in [3.63, 3.8) is 0 Å². The smallest absolute Gasteiger partial charge is 0.271 e. The Morgan fingerprint density at radius 1 is 0.844 bits per heavy atom. The number of amides is 1. The van der Waals surface area contributed by atoms with Crippen molar-refractivity contribution < 1.29 is 13.2 Å². The summed E-state index contributed by atoms with van der Waals surface area (Å²) in [6.07, 6.45) is 4.04. The van der Waals surface area contributed by atoms with Crippen LogP contribution in [0.3, 0.4) is 0 Å². The number of carbonyl (C=O) groups excluding carboxylic acids is 1. The molecule has 2 aliphatic rings. The lowest BCUT2D eigenvalue weighted by Crippen LogP contribution is -2.42. The van der Waals surface area contributed by atoms with Crippen LogP contribution in [0.25, 0.3) is 6.08 Å². The van der Waals surface area contributed by atoms with Gasteiger partial charge in [-0.3, -0.25) is 9.80 Å². The van der Waals surface area contributed by atoms with Crippen molar-refractivity contribution in [3.8, 4) is 0 Å². The first-order valence-corrected chi connectivity index (χ1v) is 12.1. The minimum absolute atomic E-state index is 0.110. The average molecular weight is 445 g/mol. The number of carbonyl (C=O) groups is 1. The second-order valence-corrected chi connectivity index (χ2v) is 10.2. The number of sulfonamides is 1. The lowest BCUT2D eigenvalue weighted by atomic mass is 9.85. The summed E-state index contributed by atoms with van der Waals surface area (Å²) in [7, 11) is -4.05. The van der Waals surface area contributed by atoms with Gasteiger partial charge >= 0.3 is 0 Å². The monoisotopic (exact) mass is 444 g/mol. The van der Waals surface area contributed by atoms with Crippen molar-refractivity contribution in [2.45, 2.75) is 31.2 Å². The molecule has 0 radical (unpaired) electrons. The van der Waals surface area contributed by atoms with Crippen LogP contribution in [0.4, 0.5) is 0 Å². The van der Waals surface area contributed by atoms with Crippen LogP contribution < -0.4 is 0 Å². The highest BCUT2D eigenvalue weighted by Crippen LogP contribution is 2.46. The van der Waals surface area contributed by atoms with Crippen LogP contribution in [0.2, 0.25) is 0 Å². The minimum Gasteiger partial charge on any atom is -0.271 e. The molecule has 32 heavy (non-hydrogen) atoms. The first-order valence-electron chi connectivity index (χ1n) is 10.6. The van der Waals surface area contributed by atoms with Gasteiger partial charge in [-0.05, 0) is 55.2 Å². The van der Waals surface area contributed by atoms with E-state index in [1.54, 1.807) is 35.5 Å². The van der Waals surface area contributed by atoms with E-state index in [1.165, 1.54) is 0 Å². The molecule has 2 atom stereocenters. The second kappa shape index (κ2) is 7.64. The Morgan fingerprint density at radius 3 is 2.16 bits per heavy atom. The van der Waals surface area contributed by atoms with Crippen molar-refractivity contribution in [2.75, 3.05) is 0 Å². The maximum atomic E-state index is 13.7.